The number of benzene rings is 4. The molecule has 4 aromatic rings. The Morgan fingerprint density at radius 2 is 1.56 bits per heavy atom. The lowest BCUT2D eigenvalue weighted by molar-refractivity contribution is -0.245. The first-order chi connectivity index (χ1) is 23.4. The van der Waals surface area contributed by atoms with E-state index in [-0.39, 0.29) is 31.1 Å². The number of carbonyl (C=O) groups is 2. The second kappa shape index (κ2) is 17.8. The van der Waals surface area contributed by atoms with Crippen LogP contribution in [0.5, 0.6) is 5.75 Å². The number of nitrogens with one attached hydrogen (secondary N) is 2. The maximum absolute atomic E-state index is 12.3. The minimum atomic E-state index is -0.588. The van der Waals surface area contributed by atoms with Crippen molar-refractivity contribution in [1.82, 2.24) is 10.8 Å². The number of ether oxygens (including phenoxy) is 3. The third kappa shape index (κ3) is 9.91. The second-order valence-electron chi connectivity index (χ2n) is 11.7. The molecule has 1 heterocycles. The molecule has 5 rings (SSSR count). The number of aliphatic hydroxyl groups is 1. The summed E-state index contributed by atoms with van der Waals surface area (Å²) in [6.45, 7) is 0.379. The van der Waals surface area contributed by atoms with E-state index in [9.17, 15) is 14.7 Å². The van der Waals surface area contributed by atoms with Crippen LogP contribution in [0.2, 0.25) is 0 Å². The molecule has 2 amide bonds. The molecule has 0 radical (unpaired) electrons. The van der Waals surface area contributed by atoms with E-state index in [1.54, 1.807) is 24.4 Å². The first-order valence-corrected chi connectivity index (χ1v) is 17.1. The quantitative estimate of drug-likeness (QED) is 0.0467. The summed E-state index contributed by atoms with van der Waals surface area (Å²) < 4.78 is 18.8. The second-order valence-corrected chi connectivity index (χ2v) is 12.7. The molecule has 4 N–H and O–H groups in total. The highest BCUT2D eigenvalue weighted by molar-refractivity contribution is 7.99. The van der Waals surface area contributed by atoms with Gasteiger partial charge in [0, 0.05) is 42.0 Å². The van der Waals surface area contributed by atoms with Crippen molar-refractivity contribution in [3.63, 3.8) is 0 Å². The Balaban J connectivity index is 1.28. The molecule has 10 heteroatoms. The van der Waals surface area contributed by atoms with Crippen molar-refractivity contribution >= 4 is 23.6 Å². The predicted molar refractivity (Wildman–Crippen MR) is 184 cm³/mol. The maximum Gasteiger partial charge on any atom is 0.243 e. The zero-order valence-corrected chi connectivity index (χ0v) is 27.8. The van der Waals surface area contributed by atoms with Gasteiger partial charge in [0.2, 0.25) is 11.8 Å². The van der Waals surface area contributed by atoms with Crippen molar-refractivity contribution in [3.05, 3.63) is 119 Å². The third-order valence-electron chi connectivity index (χ3n) is 8.20. The molecule has 9 nitrogen and oxygen atoms in total. The fourth-order valence-electron chi connectivity index (χ4n) is 5.59. The molecule has 1 saturated heterocycles. The Labute approximate surface area is 285 Å². The van der Waals surface area contributed by atoms with E-state index in [2.05, 4.69) is 23.5 Å². The zero-order valence-electron chi connectivity index (χ0n) is 27.0. The number of hydrogen-bond acceptors (Lipinski definition) is 8. The third-order valence-corrected chi connectivity index (χ3v) is 9.39. The molecule has 1 fully saturated rings. The summed E-state index contributed by atoms with van der Waals surface area (Å²) in [4.78, 5) is 24.5. The molecular formula is C38H42N2O7S. The van der Waals surface area contributed by atoms with Crippen LogP contribution in [-0.2, 0) is 32.2 Å². The van der Waals surface area contributed by atoms with Gasteiger partial charge in [0.15, 0.2) is 6.29 Å². The molecule has 4 aromatic carbocycles. The number of para-hydroxylation sites is 1. The van der Waals surface area contributed by atoms with Crippen molar-refractivity contribution < 1.29 is 34.1 Å². The number of thioether (sulfide) groups is 1. The number of methoxy groups -OCH3 is 1. The molecular weight excluding hydrogens is 628 g/mol. The smallest absolute Gasteiger partial charge is 0.243 e. The van der Waals surface area contributed by atoms with Gasteiger partial charge in [-0.05, 0) is 64.9 Å². The molecule has 0 saturated carbocycles. The lowest BCUT2D eigenvalue weighted by Crippen LogP contribution is -2.31. The van der Waals surface area contributed by atoms with Crippen LogP contribution in [0, 0.1) is 0 Å². The predicted octanol–water partition coefficient (Wildman–Crippen LogP) is 6.87. The van der Waals surface area contributed by atoms with Crippen molar-refractivity contribution in [2.45, 2.75) is 68.6 Å². The van der Waals surface area contributed by atoms with Gasteiger partial charge in [-0.15, -0.1) is 11.8 Å². The standard InChI is InChI=1S/C38H42N2O7S/c1-45-33-12-2-3-13-35(33)48-25-32-22-34(28-18-16-26(24-41)17-19-28)47-38(46-32)31-11-7-10-30(21-31)29-9-6-8-27(20-29)23-39-36(42)14-4-5-15-37(43)40-44/h2-3,6-13,16-21,32,34,38,41,44H,4-5,14-15,22-25H2,1H3,(H,39,42)(H,40,43). The van der Waals surface area contributed by atoms with E-state index in [0.717, 1.165) is 49.8 Å². The van der Waals surface area contributed by atoms with Gasteiger partial charge in [0.25, 0.3) is 0 Å². The van der Waals surface area contributed by atoms with Gasteiger partial charge in [-0.1, -0.05) is 72.8 Å². The Hall–Kier alpha value is -4.19. The van der Waals surface area contributed by atoms with E-state index < -0.39 is 12.2 Å². The van der Waals surface area contributed by atoms with Gasteiger partial charge in [0.05, 0.1) is 25.9 Å². The summed E-state index contributed by atoms with van der Waals surface area (Å²) in [5.41, 5.74) is 7.38. The molecule has 1 aliphatic rings. The molecule has 1 aliphatic heterocycles. The molecule has 0 spiro atoms. The van der Waals surface area contributed by atoms with Crippen molar-refractivity contribution in [2.24, 2.45) is 0 Å². The van der Waals surface area contributed by atoms with Crippen LogP contribution < -0.4 is 15.5 Å². The van der Waals surface area contributed by atoms with Crippen LogP contribution in [0.1, 0.15) is 66.8 Å². The highest BCUT2D eigenvalue weighted by Crippen LogP contribution is 2.41. The van der Waals surface area contributed by atoms with E-state index in [1.165, 1.54) is 0 Å². The van der Waals surface area contributed by atoms with Gasteiger partial charge in [0.1, 0.15) is 5.75 Å². The van der Waals surface area contributed by atoms with Crippen molar-refractivity contribution in [2.75, 3.05) is 12.9 Å². The van der Waals surface area contributed by atoms with Crippen LogP contribution in [0.15, 0.2) is 102 Å². The largest absolute Gasteiger partial charge is 0.496 e. The Morgan fingerprint density at radius 1 is 0.833 bits per heavy atom. The summed E-state index contributed by atoms with van der Waals surface area (Å²) >= 11 is 1.70. The van der Waals surface area contributed by atoms with Gasteiger partial charge in [-0.25, -0.2) is 5.48 Å². The number of hydrogen-bond donors (Lipinski definition) is 4. The van der Waals surface area contributed by atoms with Crippen LogP contribution in [0.4, 0.5) is 0 Å². The highest BCUT2D eigenvalue weighted by Gasteiger charge is 2.32. The normalized spacial score (nSPS) is 17.4. The summed E-state index contributed by atoms with van der Waals surface area (Å²) in [7, 11) is 1.68. The maximum atomic E-state index is 12.3. The molecule has 0 aromatic heterocycles. The van der Waals surface area contributed by atoms with E-state index >= 15 is 0 Å². The van der Waals surface area contributed by atoms with Crippen LogP contribution >= 0.6 is 11.8 Å². The monoisotopic (exact) mass is 670 g/mol. The number of unbranched alkanes of at least 4 members (excludes halogenated alkanes) is 1. The Kier molecular flexibility index (Phi) is 13.0. The van der Waals surface area contributed by atoms with Crippen LogP contribution in [0.25, 0.3) is 11.1 Å². The first-order valence-electron chi connectivity index (χ1n) is 16.1. The summed E-state index contributed by atoms with van der Waals surface area (Å²) in [6.07, 6.45) is 1.39. The number of rotatable bonds is 15. The molecule has 0 bridgehead atoms. The van der Waals surface area contributed by atoms with Crippen molar-refractivity contribution in [1.29, 1.82) is 0 Å². The highest BCUT2D eigenvalue weighted by atomic mass is 32.2. The van der Waals surface area contributed by atoms with E-state index in [1.807, 2.05) is 78.9 Å². The van der Waals surface area contributed by atoms with E-state index in [0.29, 0.717) is 32.2 Å². The van der Waals surface area contributed by atoms with Crippen molar-refractivity contribution in [3.8, 4) is 16.9 Å². The molecule has 252 valence electrons. The minimum absolute atomic E-state index is 0.0104. The topological polar surface area (TPSA) is 126 Å². The average Bonchev–Trinajstić information content (AvgIpc) is 3.15. The van der Waals surface area contributed by atoms with Crippen LogP contribution in [-0.4, -0.2) is 41.1 Å². The fraction of sp³-hybridized carbons (Fsp3) is 0.316. The summed E-state index contributed by atoms with van der Waals surface area (Å²) in [5.74, 6) is 1.02. The van der Waals surface area contributed by atoms with E-state index in [4.69, 9.17) is 19.4 Å². The fourth-order valence-corrected chi connectivity index (χ4v) is 6.63. The number of aliphatic hydroxyl groups excluding tert-OH is 1. The SMILES string of the molecule is COc1ccccc1SCC1CC(c2ccc(CO)cc2)OC(c2cccc(-c3cccc(CNC(=O)CCCCC(=O)NO)c3)c2)O1. The van der Waals surface area contributed by atoms with Gasteiger partial charge >= 0.3 is 0 Å². The average molecular weight is 671 g/mol. The lowest BCUT2D eigenvalue weighted by atomic mass is 9.99. The summed E-state index contributed by atoms with van der Waals surface area (Å²) in [6, 6.07) is 32.1. The number of carbonyl (C=O) groups excluding carboxylic acids is 2. The number of hydroxylamine groups is 1. The Morgan fingerprint density at radius 3 is 2.31 bits per heavy atom. The molecule has 3 unspecified atom stereocenters. The molecule has 0 aliphatic carbocycles. The molecule has 48 heavy (non-hydrogen) atoms. The van der Waals surface area contributed by atoms with Gasteiger partial charge < -0.3 is 24.6 Å². The summed E-state index contributed by atoms with van der Waals surface area (Å²) in [5, 5.41) is 21.1. The number of amides is 2. The lowest BCUT2D eigenvalue weighted by Gasteiger charge is -2.36. The Bertz CT molecular complexity index is 1650. The van der Waals surface area contributed by atoms with Crippen LogP contribution in [0.3, 0.4) is 0 Å². The van der Waals surface area contributed by atoms with Gasteiger partial charge in [-0.2, -0.15) is 0 Å². The first kappa shape index (κ1) is 35.1. The molecule has 3 atom stereocenters. The minimum Gasteiger partial charge on any atom is -0.496 e. The zero-order chi connectivity index (χ0) is 33.7. The van der Waals surface area contributed by atoms with Gasteiger partial charge in [-0.3, -0.25) is 14.8 Å².